The van der Waals surface area contributed by atoms with Crippen LogP contribution in [0.1, 0.15) is 35.8 Å². The molecule has 4 rings (SSSR count). The lowest BCUT2D eigenvalue weighted by Gasteiger charge is -2.23. The van der Waals surface area contributed by atoms with Gasteiger partial charge in [0, 0.05) is 30.6 Å². The van der Waals surface area contributed by atoms with Gasteiger partial charge in [-0.1, -0.05) is 0 Å². The topological polar surface area (TPSA) is 21.7 Å². The van der Waals surface area contributed by atoms with Gasteiger partial charge in [0.15, 0.2) is 0 Å². The van der Waals surface area contributed by atoms with Crippen molar-refractivity contribution < 1.29 is 9.47 Å². The Hall–Kier alpha value is -0.420. The highest BCUT2D eigenvalue weighted by Gasteiger charge is 2.34. The van der Waals surface area contributed by atoms with Crippen molar-refractivity contribution in [3.05, 3.63) is 21.9 Å². The van der Waals surface area contributed by atoms with Gasteiger partial charge >= 0.3 is 0 Å². The summed E-state index contributed by atoms with van der Waals surface area (Å²) in [5.41, 5.74) is 1.52. The average molecular weight is 279 g/mol. The minimum absolute atomic E-state index is 0.375. The molecule has 3 nitrogen and oxygen atoms in total. The van der Waals surface area contributed by atoms with Crippen molar-refractivity contribution in [3.8, 4) is 0 Å². The number of aryl methyl sites for hydroxylation is 1. The third-order valence-corrected chi connectivity index (χ3v) is 5.76. The van der Waals surface area contributed by atoms with E-state index in [4.69, 9.17) is 9.47 Å². The molecule has 0 N–H and O–H groups in total. The van der Waals surface area contributed by atoms with E-state index in [2.05, 4.69) is 16.3 Å². The highest BCUT2D eigenvalue weighted by atomic mass is 32.1. The maximum atomic E-state index is 6.37. The van der Waals surface area contributed by atoms with E-state index in [0.29, 0.717) is 18.2 Å². The van der Waals surface area contributed by atoms with Crippen molar-refractivity contribution in [1.82, 2.24) is 4.90 Å². The van der Waals surface area contributed by atoms with Gasteiger partial charge in [0.25, 0.3) is 0 Å². The van der Waals surface area contributed by atoms with E-state index in [9.17, 15) is 0 Å². The van der Waals surface area contributed by atoms with Crippen LogP contribution in [-0.4, -0.2) is 43.3 Å². The minimum atomic E-state index is 0.375. The summed E-state index contributed by atoms with van der Waals surface area (Å²) >= 11 is 1.87. The zero-order valence-electron chi connectivity index (χ0n) is 11.2. The lowest BCUT2D eigenvalue weighted by molar-refractivity contribution is -0.00709. The molecule has 2 saturated heterocycles. The molecule has 1 aliphatic carbocycles. The molecular formula is C15H21NO2S. The van der Waals surface area contributed by atoms with Crippen molar-refractivity contribution in [3.63, 3.8) is 0 Å². The monoisotopic (exact) mass is 279 g/mol. The molecule has 1 aromatic rings. The van der Waals surface area contributed by atoms with Gasteiger partial charge in [-0.3, -0.25) is 4.90 Å². The Kier molecular flexibility index (Phi) is 3.35. The van der Waals surface area contributed by atoms with E-state index in [1.54, 1.807) is 0 Å². The van der Waals surface area contributed by atoms with E-state index < -0.39 is 0 Å². The van der Waals surface area contributed by atoms with Gasteiger partial charge in [0.2, 0.25) is 0 Å². The molecule has 2 unspecified atom stereocenters. The van der Waals surface area contributed by atoms with Gasteiger partial charge in [0.05, 0.1) is 18.8 Å². The van der Waals surface area contributed by atoms with Crippen LogP contribution in [0, 0.1) is 0 Å². The lowest BCUT2D eigenvalue weighted by Crippen LogP contribution is -2.34. The summed E-state index contributed by atoms with van der Waals surface area (Å²) in [6, 6.07) is 2.91. The number of nitrogens with zero attached hydrogens (tertiary/aromatic N) is 1. The lowest BCUT2D eigenvalue weighted by atomic mass is 10.2. The molecule has 2 fully saturated rings. The fourth-order valence-corrected chi connectivity index (χ4v) is 4.65. The zero-order valence-corrected chi connectivity index (χ0v) is 12.0. The Morgan fingerprint density at radius 1 is 1.32 bits per heavy atom. The Morgan fingerprint density at radius 2 is 2.32 bits per heavy atom. The standard InChI is InChI=1S/C15H21NO2S/c1-2-14(15-11(1)5-8-19-15)18-13-3-6-16(9-13)12-4-7-17-10-12/h5,8,12-14H,1-4,6-7,9-10H2/t12?,13-,14?/m1/s1. The highest BCUT2D eigenvalue weighted by molar-refractivity contribution is 7.10. The second-order valence-corrected chi connectivity index (χ2v) is 6.84. The first-order valence-electron chi connectivity index (χ1n) is 7.43. The number of hydrogen-bond acceptors (Lipinski definition) is 4. The molecule has 3 heterocycles. The van der Waals surface area contributed by atoms with Gasteiger partial charge in [-0.15, -0.1) is 11.3 Å². The van der Waals surface area contributed by atoms with Crippen LogP contribution in [-0.2, 0) is 15.9 Å². The van der Waals surface area contributed by atoms with Gasteiger partial charge in [-0.05, 0) is 42.7 Å². The van der Waals surface area contributed by atoms with E-state index >= 15 is 0 Å². The van der Waals surface area contributed by atoms with Crippen LogP contribution in [0.15, 0.2) is 11.4 Å². The minimum Gasteiger partial charge on any atom is -0.380 e. The molecule has 104 valence electrons. The predicted octanol–water partition coefficient (Wildman–Crippen LogP) is 2.62. The smallest absolute Gasteiger partial charge is 0.0927 e. The zero-order chi connectivity index (χ0) is 12.7. The van der Waals surface area contributed by atoms with E-state index in [-0.39, 0.29) is 0 Å². The van der Waals surface area contributed by atoms with Crippen LogP contribution < -0.4 is 0 Å². The van der Waals surface area contributed by atoms with E-state index in [0.717, 1.165) is 19.8 Å². The molecule has 0 aromatic carbocycles. The number of fused-ring (bicyclic) bond motifs is 1. The third kappa shape index (κ3) is 2.35. The first kappa shape index (κ1) is 12.3. The van der Waals surface area contributed by atoms with Crippen molar-refractivity contribution in [2.24, 2.45) is 0 Å². The summed E-state index contributed by atoms with van der Waals surface area (Å²) in [6.07, 6.45) is 5.58. The molecule has 0 radical (unpaired) electrons. The molecule has 3 atom stereocenters. The number of thiophene rings is 1. The number of likely N-dealkylation sites (tertiary alicyclic amines) is 1. The van der Waals surface area contributed by atoms with Crippen LogP contribution in [0.3, 0.4) is 0 Å². The Balaban J connectivity index is 1.35. The summed E-state index contributed by atoms with van der Waals surface area (Å²) in [5.74, 6) is 0. The summed E-state index contributed by atoms with van der Waals surface area (Å²) in [5, 5.41) is 2.21. The Bertz CT molecular complexity index is 441. The maximum Gasteiger partial charge on any atom is 0.0927 e. The maximum absolute atomic E-state index is 6.37. The normalized spacial score (nSPS) is 35.1. The fourth-order valence-electron chi connectivity index (χ4n) is 3.62. The average Bonchev–Trinajstić information content (AvgIpc) is 3.15. The summed E-state index contributed by atoms with van der Waals surface area (Å²) in [4.78, 5) is 4.06. The number of rotatable bonds is 3. The molecule has 1 aromatic heterocycles. The van der Waals surface area contributed by atoms with Crippen LogP contribution >= 0.6 is 11.3 Å². The summed E-state index contributed by atoms with van der Waals surface area (Å²) in [6.45, 7) is 4.15. The molecule has 19 heavy (non-hydrogen) atoms. The Morgan fingerprint density at radius 3 is 3.21 bits per heavy atom. The second-order valence-electron chi connectivity index (χ2n) is 5.90. The molecule has 2 aliphatic heterocycles. The van der Waals surface area contributed by atoms with Gasteiger partial charge in [0.1, 0.15) is 0 Å². The van der Waals surface area contributed by atoms with Crippen molar-refractivity contribution >= 4 is 11.3 Å². The van der Waals surface area contributed by atoms with Crippen molar-refractivity contribution in [1.29, 1.82) is 0 Å². The predicted molar refractivity (Wildman–Crippen MR) is 75.7 cm³/mol. The van der Waals surface area contributed by atoms with Gasteiger partial charge in [-0.2, -0.15) is 0 Å². The molecule has 0 bridgehead atoms. The second kappa shape index (κ2) is 5.17. The van der Waals surface area contributed by atoms with Crippen LogP contribution in [0.4, 0.5) is 0 Å². The van der Waals surface area contributed by atoms with Gasteiger partial charge < -0.3 is 9.47 Å². The van der Waals surface area contributed by atoms with E-state index in [1.807, 2.05) is 11.3 Å². The molecule has 0 saturated carbocycles. The molecule has 3 aliphatic rings. The van der Waals surface area contributed by atoms with Gasteiger partial charge in [-0.25, -0.2) is 0 Å². The molecule has 4 heteroatoms. The number of ether oxygens (including phenoxy) is 2. The SMILES string of the molecule is c1cc2c(s1)C(O[C@@H]1CCN(C3CCOC3)C1)CC2. The van der Waals surface area contributed by atoms with Crippen molar-refractivity contribution in [2.45, 2.75) is 43.9 Å². The molecule has 0 spiro atoms. The van der Waals surface area contributed by atoms with Crippen LogP contribution in [0.2, 0.25) is 0 Å². The third-order valence-electron chi connectivity index (χ3n) is 4.70. The first-order chi connectivity index (χ1) is 9.40. The van der Waals surface area contributed by atoms with E-state index in [1.165, 1.54) is 42.7 Å². The summed E-state index contributed by atoms with van der Waals surface area (Å²) < 4.78 is 11.9. The van der Waals surface area contributed by atoms with Crippen LogP contribution in [0.5, 0.6) is 0 Å². The largest absolute Gasteiger partial charge is 0.380 e. The Labute approximate surface area is 118 Å². The van der Waals surface area contributed by atoms with Crippen molar-refractivity contribution in [2.75, 3.05) is 26.3 Å². The molecular weight excluding hydrogens is 258 g/mol. The number of hydrogen-bond donors (Lipinski definition) is 0. The highest BCUT2D eigenvalue weighted by Crippen LogP contribution is 2.39. The summed E-state index contributed by atoms with van der Waals surface area (Å²) in [7, 11) is 0. The van der Waals surface area contributed by atoms with Crippen LogP contribution in [0.25, 0.3) is 0 Å². The fraction of sp³-hybridized carbons (Fsp3) is 0.733. The first-order valence-corrected chi connectivity index (χ1v) is 8.31. The molecule has 0 amide bonds. The quantitative estimate of drug-likeness (QED) is 0.849.